The van der Waals surface area contributed by atoms with Crippen molar-refractivity contribution in [3.8, 4) is 0 Å². The van der Waals surface area contributed by atoms with Crippen LogP contribution in [0, 0.1) is 6.92 Å². The van der Waals surface area contributed by atoms with Crippen LogP contribution in [0.5, 0.6) is 0 Å². The summed E-state index contributed by atoms with van der Waals surface area (Å²) in [4.78, 5) is 24.7. The van der Waals surface area contributed by atoms with Gasteiger partial charge in [0.1, 0.15) is 0 Å². The summed E-state index contributed by atoms with van der Waals surface area (Å²) in [6, 6.07) is 3.79. The maximum absolute atomic E-state index is 12.3. The maximum atomic E-state index is 12.3. The van der Waals surface area contributed by atoms with Crippen molar-refractivity contribution in [2.75, 3.05) is 31.7 Å². The normalized spacial score (nSPS) is 18.4. The van der Waals surface area contributed by atoms with Gasteiger partial charge in [-0.15, -0.1) is 0 Å². The van der Waals surface area contributed by atoms with Crippen molar-refractivity contribution in [3.63, 3.8) is 0 Å². The van der Waals surface area contributed by atoms with Crippen molar-refractivity contribution in [2.24, 2.45) is 0 Å². The molecule has 7 heteroatoms. The van der Waals surface area contributed by atoms with E-state index in [2.05, 4.69) is 5.32 Å². The number of morpholine rings is 1. The highest BCUT2D eigenvalue weighted by Crippen LogP contribution is 2.18. The predicted molar refractivity (Wildman–Crippen MR) is 75.6 cm³/mol. The standard InChI is InChI=1S/C14H18N2O5/c1-9-2-3-10(13(18)19)6-12(9)15-14(20)16-4-5-21-8-11(16)7-17/h2-3,6,11,17H,4-5,7-8H2,1H3,(H,15,20)(H,18,19). The Balaban J connectivity index is 2.15. The van der Waals surface area contributed by atoms with Gasteiger partial charge in [-0.25, -0.2) is 9.59 Å². The van der Waals surface area contributed by atoms with E-state index in [0.29, 0.717) is 18.8 Å². The van der Waals surface area contributed by atoms with Crippen LogP contribution in [0.15, 0.2) is 18.2 Å². The summed E-state index contributed by atoms with van der Waals surface area (Å²) in [7, 11) is 0. The molecule has 1 aliphatic heterocycles. The van der Waals surface area contributed by atoms with Crippen molar-refractivity contribution in [1.82, 2.24) is 4.90 Å². The van der Waals surface area contributed by atoms with E-state index in [1.165, 1.54) is 17.0 Å². The van der Waals surface area contributed by atoms with Crippen molar-refractivity contribution in [1.29, 1.82) is 0 Å². The number of hydrogen-bond donors (Lipinski definition) is 3. The van der Waals surface area contributed by atoms with Crippen molar-refractivity contribution >= 4 is 17.7 Å². The molecule has 7 nitrogen and oxygen atoms in total. The number of carbonyl (C=O) groups excluding carboxylic acids is 1. The molecule has 1 fully saturated rings. The molecular formula is C14H18N2O5. The van der Waals surface area contributed by atoms with Gasteiger partial charge in [0, 0.05) is 12.2 Å². The Morgan fingerprint density at radius 1 is 1.48 bits per heavy atom. The molecule has 2 rings (SSSR count). The summed E-state index contributed by atoms with van der Waals surface area (Å²) in [5, 5.41) is 21.0. The number of urea groups is 1. The van der Waals surface area contributed by atoms with E-state index in [9.17, 15) is 14.7 Å². The molecule has 0 aliphatic carbocycles. The monoisotopic (exact) mass is 294 g/mol. The lowest BCUT2D eigenvalue weighted by atomic mass is 10.1. The second kappa shape index (κ2) is 6.55. The van der Waals surface area contributed by atoms with Crippen LogP contribution in [0.25, 0.3) is 0 Å². The van der Waals surface area contributed by atoms with Gasteiger partial charge in [0.25, 0.3) is 0 Å². The maximum Gasteiger partial charge on any atom is 0.335 e. The number of carbonyl (C=O) groups is 2. The van der Waals surface area contributed by atoms with Crippen LogP contribution in [0.4, 0.5) is 10.5 Å². The number of nitrogens with one attached hydrogen (secondary N) is 1. The van der Waals surface area contributed by atoms with E-state index >= 15 is 0 Å². The van der Waals surface area contributed by atoms with Crippen LogP contribution in [0.2, 0.25) is 0 Å². The zero-order valence-electron chi connectivity index (χ0n) is 11.7. The molecule has 1 unspecified atom stereocenters. The fourth-order valence-electron chi connectivity index (χ4n) is 2.15. The van der Waals surface area contributed by atoms with Crippen LogP contribution < -0.4 is 5.32 Å². The Morgan fingerprint density at radius 2 is 2.24 bits per heavy atom. The van der Waals surface area contributed by atoms with E-state index in [4.69, 9.17) is 9.84 Å². The molecule has 114 valence electrons. The highest BCUT2D eigenvalue weighted by Gasteiger charge is 2.27. The highest BCUT2D eigenvalue weighted by atomic mass is 16.5. The number of carboxylic acids is 1. The van der Waals surface area contributed by atoms with Crippen molar-refractivity contribution < 1.29 is 24.5 Å². The first-order valence-corrected chi connectivity index (χ1v) is 6.63. The largest absolute Gasteiger partial charge is 0.478 e. The summed E-state index contributed by atoms with van der Waals surface area (Å²) in [5.41, 5.74) is 1.32. The minimum Gasteiger partial charge on any atom is -0.478 e. The SMILES string of the molecule is Cc1ccc(C(=O)O)cc1NC(=O)N1CCOCC1CO. The summed E-state index contributed by atoms with van der Waals surface area (Å²) in [6.45, 7) is 2.69. The van der Waals surface area contributed by atoms with E-state index in [0.717, 1.165) is 5.56 Å². The van der Waals surface area contributed by atoms with Gasteiger partial charge in [-0.2, -0.15) is 0 Å². The first-order valence-electron chi connectivity index (χ1n) is 6.63. The molecule has 2 amide bonds. The van der Waals surface area contributed by atoms with Gasteiger partial charge in [0.15, 0.2) is 0 Å². The predicted octanol–water partition coefficient (Wildman–Crippen LogP) is 0.918. The van der Waals surface area contributed by atoms with Crippen LogP contribution in [0.1, 0.15) is 15.9 Å². The Bertz CT molecular complexity index is 546. The van der Waals surface area contributed by atoms with Crippen molar-refractivity contribution in [2.45, 2.75) is 13.0 Å². The van der Waals surface area contributed by atoms with Gasteiger partial charge in [0.2, 0.25) is 0 Å². The number of carboxylic acid groups (broad SMARTS) is 1. The average molecular weight is 294 g/mol. The Hall–Kier alpha value is -2.12. The van der Waals surface area contributed by atoms with Gasteiger partial charge in [-0.1, -0.05) is 6.07 Å². The third-order valence-corrected chi connectivity index (χ3v) is 3.43. The van der Waals surface area contributed by atoms with Crippen LogP contribution in [-0.2, 0) is 4.74 Å². The van der Waals surface area contributed by atoms with Crippen molar-refractivity contribution in [3.05, 3.63) is 29.3 Å². The molecule has 21 heavy (non-hydrogen) atoms. The number of hydrogen-bond acceptors (Lipinski definition) is 4. The zero-order chi connectivity index (χ0) is 15.4. The lowest BCUT2D eigenvalue weighted by molar-refractivity contribution is -0.00485. The Labute approximate surface area is 122 Å². The summed E-state index contributed by atoms with van der Waals surface area (Å²) >= 11 is 0. The fourth-order valence-corrected chi connectivity index (χ4v) is 2.15. The molecule has 1 aromatic carbocycles. The first kappa shape index (κ1) is 15.3. The van der Waals surface area contributed by atoms with Gasteiger partial charge >= 0.3 is 12.0 Å². The molecule has 0 aromatic heterocycles. The van der Waals surface area contributed by atoms with E-state index in [1.807, 2.05) is 0 Å². The molecule has 1 heterocycles. The van der Waals surface area contributed by atoms with Gasteiger partial charge < -0.3 is 25.2 Å². The number of amides is 2. The molecule has 1 saturated heterocycles. The summed E-state index contributed by atoms with van der Waals surface area (Å²) in [6.07, 6.45) is 0. The first-order chi connectivity index (χ1) is 10.0. The second-order valence-corrected chi connectivity index (χ2v) is 4.87. The number of anilines is 1. The Kier molecular flexibility index (Phi) is 4.77. The van der Waals surface area contributed by atoms with Crippen LogP contribution >= 0.6 is 0 Å². The average Bonchev–Trinajstić information content (AvgIpc) is 2.49. The third kappa shape index (κ3) is 3.50. The molecule has 3 N–H and O–H groups in total. The third-order valence-electron chi connectivity index (χ3n) is 3.43. The van der Waals surface area contributed by atoms with Gasteiger partial charge in [0.05, 0.1) is 31.4 Å². The van der Waals surface area contributed by atoms with Gasteiger partial charge in [-0.05, 0) is 24.6 Å². The number of benzene rings is 1. The zero-order valence-corrected chi connectivity index (χ0v) is 11.7. The van der Waals surface area contributed by atoms with E-state index in [-0.39, 0.29) is 30.9 Å². The quantitative estimate of drug-likeness (QED) is 0.770. The number of aliphatic hydroxyl groups excluding tert-OH is 1. The van der Waals surface area contributed by atoms with Crippen LogP contribution in [-0.4, -0.2) is 59.5 Å². The number of ether oxygens (including phenoxy) is 1. The minimum absolute atomic E-state index is 0.108. The molecule has 0 bridgehead atoms. The summed E-state index contributed by atoms with van der Waals surface area (Å²) < 4.78 is 5.22. The number of nitrogens with zero attached hydrogens (tertiary/aromatic N) is 1. The molecule has 1 atom stereocenters. The number of aryl methyl sites for hydroxylation is 1. The molecule has 0 radical (unpaired) electrons. The second-order valence-electron chi connectivity index (χ2n) is 4.87. The number of aliphatic hydroxyl groups is 1. The lowest BCUT2D eigenvalue weighted by Gasteiger charge is -2.34. The molecular weight excluding hydrogens is 276 g/mol. The Morgan fingerprint density at radius 3 is 2.90 bits per heavy atom. The fraction of sp³-hybridized carbons (Fsp3) is 0.429. The van der Waals surface area contributed by atoms with Gasteiger partial charge in [-0.3, -0.25) is 0 Å². The van der Waals surface area contributed by atoms with Crippen LogP contribution in [0.3, 0.4) is 0 Å². The molecule has 1 aliphatic rings. The van der Waals surface area contributed by atoms with E-state index < -0.39 is 5.97 Å². The minimum atomic E-state index is -1.05. The smallest absolute Gasteiger partial charge is 0.335 e. The number of aromatic carboxylic acids is 1. The molecule has 0 saturated carbocycles. The summed E-state index contributed by atoms with van der Waals surface area (Å²) in [5.74, 6) is -1.05. The van der Waals surface area contributed by atoms with E-state index in [1.54, 1.807) is 13.0 Å². The molecule has 0 spiro atoms. The molecule has 1 aromatic rings. The lowest BCUT2D eigenvalue weighted by Crippen LogP contribution is -2.52. The highest BCUT2D eigenvalue weighted by molar-refractivity contribution is 5.94. The number of rotatable bonds is 3. The topological polar surface area (TPSA) is 99.1 Å².